The first-order chi connectivity index (χ1) is 9.72. The molecule has 0 saturated carbocycles. The number of nitrogens with zero attached hydrogens (tertiary/aromatic N) is 4. The third-order valence-corrected chi connectivity index (χ3v) is 4.08. The second-order valence-electron chi connectivity index (χ2n) is 5.67. The molecule has 2 aromatic rings. The van der Waals surface area contributed by atoms with Crippen LogP contribution in [0.1, 0.15) is 38.7 Å². The number of fused-ring (bicyclic) bond motifs is 1. The van der Waals surface area contributed by atoms with Crippen LogP contribution in [-0.4, -0.2) is 43.7 Å². The monoisotopic (exact) mass is 274 g/mol. The van der Waals surface area contributed by atoms with Gasteiger partial charge in [0.1, 0.15) is 11.3 Å². The third kappa shape index (κ3) is 2.21. The molecule has 1 unspecified atom stereocenters. The van der Waals surface area contributed by atoms with Crippen molar-refractivity contribution in [1.82, 2.24) is 19.4 Å². The lowest BCUT2D eigenvalue weighted by atomic mass is 10.3. The lowest BCUT2D eigenvalue weighted by Gasteiger charge is -2.30. The molecule has 1 N–H and O–H groups in total. The molecule has 0 aliphatic carbocycles. The maximum Gasteiger partial charge on any atom is 0.161 e. The van der Waals surface area contributed by atoms with Crippen molar-refractivity contribution in [2.75, 3.05) is 13.2 Å². The highest BCUT2D eigenvalue weighted by Crippen LogP contribution is 2.32. The van der Waals surface area contributed by atoms with Crippen LogP contribution in [0.3, 0.4) is 0 Å². The van der Waals surface area contributed by atoms with Gasteiger partial charge in [0, 0.05) is 25.2 Å². The summed E-state index contributed by atoms with van der Waals surface area (Å²) in [6.07, 6.45) is 5.04. The zero-order valence-corrected chi connectivity index (χ0v) is 12.2. The summed E-state index contributed by atoms with van der Waals surface area (Å²) in [6.45, 7) is 5.71. The summed E-state index contributed by atoms with van der Waals surface area (Å²) in [5.41, 5.74) is 1.86. The number of rotatable bonds is 4. The predicted molar refractivity (Wildman–Crippen MR) is 78.4 cm³/mol. The Kier molecular flexibility index (Phi) is 3.72. The van der Waals surface area contributed by atoms with E-state index in [2.05, 4.69) is 33.3 Å². The Bertz CT molecular complexity index is 593. The van der Waals surface area contributed by atoms with Crippen molar-refractivity contribution in [3.63, 3.8) is 0 Å². The minimum Gasteiger partial charge on any atom is -0.396 e. The van der Waals surface area contributed by atoms with Crippen molar-refractivity contribution in [2.45, 2.75) is 45.3 Å². The van der Waals surface area contributed by atoms with Gasteiger partial charge in [-0.2, -0.15) is 0 Å². The van der Waals surface area contributed by atoms with Gasteiger partial charge in [0.05, 0.1) is 12.8 Å². The second-order valence-corrected chi connectivity index (χ2v) is 5.67. The summed E-state index contributed by atoms with van der Waals surface area (Å²) in [6, 6.07) is 4.41. The van der Waals surface area contributed by atoms with Crippen molar-refractivity contribution in [3.8, 4) is 0 Å². The summed E-state index contributed by atoms with van der Waals surface area (Å²) >= 11 is 0. The van der Waals surface area contributed by atoms with E-state index in [0.29, 0.717) is 18.6 Å². The van der Waals surface area contributed by atoms with Crippen molar-refractivity contribution in [3.05, 3.63) is 24.2 Å². The fourth-order valence-corrected chi connectivity index (χ4v) is 3.22. The topological polar surface area (TPSA) is 54.2 Å². The van der Waals surface area contributed by atoms with Gasteiger partial charge in [0.25, 0.3) is 0 Å². The molecule has 0 spiro atoms. The summed E-state index contributed by atoms with van der Waals surface area (Å²) in [5.74, 6) is 0.943. The van der Waals surface area contributed by atoms with E-state index < -0.39 is 0 Å². The number of hydrogen-bond donors (Lipinski definition) is 1. The Hall–Kier alpha value is -1.46. The molecule has 0 bridgehead atoms. The average molecular weight is 274 g/mol. The van der Waals surface area contributed by atoms with Crippen LogP contribution in [0.5, 0.6) is 0 Å². The molecule has 3 rings (SSSR count). The molecule has 5 heteroatoms. The fraction of sp³-hybridized carbons (Fsp3) is 0.600. The lowest BCUT2D eigenvalue weighted by Crippen LogP contribution is -2.34. The molecule has 3 heterocycles. The van der Waals surface area contributed by atoms with E-state index in [1.165, 1.54) is 6.42 Å². The van der Waals surface area contributed by atoms with Crippen molar-refractivity contribution in [1.29, 1.82) is 0 Å². The molecule has 1 fully saturated rings. The van der Waals surface area contributed by atoms with Crippen molar-refractivity contribution < 1.29 is 5.11 Å². The van der Waals surface area contributed by atoms with Gasteiger partial charge in [-0.25, -0.2) is 9.97 Å². The number of aliphatic hydroxyl groups is 1. The van der Waals surface area contributed by atoms with Gasteiger partial charge >= 0.3 is 0 Å². The number of hydrogen-bond acceptors (Lipinski definition) is 4. The van der Waals surface area contributed by atoms with Crippen LogP contribution in [0.2, 0.25) is 0 Å². The highest BCUT2D eigenvalue weighted by Gasteiger charge is 2.31. The highest BCUT2D eigenvalue weighted by atomic mass is 16.3. The van der Waals surface area contributed by atoms with E-state index in [1.807, 2.05) is 18.3 Å². The zero-order chi connectivity index (χ0) is 14.1. The van der Waals surface area contributed by atoms with E-state index >= 15 is 0 Å². The molecule has 5 nitrogen and oxygen atoms in total. The quantitative estimate of drug-likeness (QED) is 0.926. The van der Waals surface area contributed by atoms with Crippen LogP contribution < -0.4 is 0 Å². The van der Waals surface area contributed by atoms with Crippen molar-refractivity contribution >= 4 is 11.2 Å². The Labute approximate surface area is 119 Å². The molecule has 108 valence electrons. The molecule has 0 aromatic carbocycles. The van der Waals surface area contributed by atoms with Crippen LogP contribution in [0, 0.1) is 0 Å². The first kappa shape index (κ1) is 13.5. The largest absolute Gasteiger partial charge is 0.396 e. The van der Waals surface area contributed by atoms with Gasteiger partial charge in [-0.15, -0.1) is 0 Å². The number of likely N-dealkylation sites (tertiary alicyclic amines) is 1. The summed E-state index contributed by atoms with van der Waals surface area (Å²) in [4.78, 5) is 11.7. The zero-order valence-electron chi connectivity index (χ0n) is 12.2. The minimum atomic E-state index is 0.123. The molecule has 1 aliphatic heterocycles. The average Bonchev–Trinajstić information content (AvgIpc) is 3.01. The smallest absolute Gasteiger partial charge is 0.161 e. The maximum absolute atomic E-state index is 9.30. The highest BCUT2D eigenvalue weighted by molar-refractivity contribution is 5.71. The molecule has 20 heavy (non-hydrogen) atoms. The van der Waals surface area contributed by atoms with Gasteiger partial charge in [-0.3, -0.25) is 9.47 Å². The van der Waals surface area contributed by atoms with E-state index in [-0.39, 0.29) is 6.61 Å². The standard InChI is InChI=1S/C15H22N4O/c1-11(2)18-9-4-6-14(18)19-13(7-10-20)17-12-5-3-8-16-15(12)19/h3,5,8,11,14,20H,4,6-7,9-10H2,1-2H3. The summed E-state index contributed by atoms with van der Waals surface area (Å²) < 4.78 is 2.23. The Morgan fingerprint density at radius 2 is 2.30 bits per heavy atom. The number of aliphatic hydroxyl groups excluding tert-OH is 1. The van der Waals surface area contributed by atoms with Crippen molar-refractivity contribution in [2.24, 2.45) is 0 Å². The summed E-state index contributed by atoms with van der Waals surface area (Å²) in [5, 5.41) is 9.30. The van der Waals surface area contributed by atoms with Gasteiger partial charge in [0.2, 0.25) is 0 Å². The van der Waals surface area contributed by atoms with E-state index in [9.17, 15) is 5.11 Å². The molecule has 0 radical (unpaired) electrons. The van der Waals surface area contributed by atoms with E-state index in [0.717, 1.165) is 30.0 Å². The van der Waals surface area contributed by atoms with Gasteiger partial charge in [-0.1, -0.05) is 0 Å². The number of imidazole rings is 1. The van der Waals surface area contributed by atoms with E-state index in [1.54, 1.807) is 0 Å². The lowest BCUT2D eigenvalue weighted by molar-refractivity contribution is 0.150. The normalized spacial score (nSPS) is 20.3. The SMILES string of the molecule is CC(C)N1CCCC1n1c(CCO)nc2cccnc21. The molecular formula is C15H22N4O. The summed E-state index contributed by atoms with van der Waals surface area (Å²) in [7, 11) is 0. The molecule has 1 saturated heterocycles. The molecular weight excluding hydrogens is 252 g/mol. The first-order valence-electron chi connectivity index (χ1n) is 7.41. The van der Waals surface area contributed by atoms with Gasteiger partial charge in [-0.05, 0) is 38.8 Å². The van der Waals surface area contributed by atoms with Crippen LogP contribution in [0.4, 0.5) is 0 Å². The van der Waals surface area contributed by atoms with Crippen LogP contribution in [0.15, 0.2) is 18.3 Å². The number of pyridine rings is 1. The maximum atomic E-state index is 9.30. The molecule has 2 aromatic heterocycles. The molecule has 0 amide bonds. The van der Waals surface area contributed by atoms with Gasteiger partial charge < -0.3 is 5.11 Å². The predicted octanol–water partition coefficient (Wildman–Crippen LogP) is 1.97. The Balaban J connectivity index is 2.10. The minimum absolute atomic E-state index is 0.123. The second kappa shape index (κ2) is 5.50. The Morgan fingerprint density at radius 1 is 1.45 bits per heavy atom. The fourth-order valence-electron chi connectivity index (χ4n) is 3.22. The van der Waals surface area contributed by atoms with Crippen LogP contribution >= 0.6 is 0 Å². The first-order valence-corrected chi connectivity index (χ1v) is 7.41. The van der Waals surface area contributed by atoms with Crippen LogP contribution in [0.25, 0.3) is 11.2 Å². The van der Waals surface area contributed by atoms with E-state index in [4.69, 9.17) is 0 Å². The number of aromatic nitrogens is 3. The van der Waals surface area contributed by atoms with Crippen LogP contribution in [-0.2, 0) is 6.42 Å². The Morgan fingerprint density at radius 3 is 3.05 bits per heavy atom. The molecule has 1 aliphatic rings. The molecule has 1 atom stereocenters. The van der Waals surface area contributed by atoms with Gasteiger partial charge in [0.15, 0.2) is 5.65 Å². The third-order valence-electron chi connectivity index (χ3n) is 4.08.